The summed E-state index contributed by atoms with van der Waals surface area (Å²) >= 11 is 0. The van der Waals surface area contributed by atoms with Crippen molar-refractivity contribution in [2.45, 2.75) is 90.6 Å². The van der Waals surface area contributed by atoms with Gasteiger partial charge in [-0.15, -0.1) is 0 Å². The number of nitrogens with one attached hydrogen (secondary N) is 2. The lowest BCUT2D eigenvalue weighted by Crippen LogP contribution is -2.50. The number of carbonyl (C=O) groups is 1. The second-order valence-corrected chi connectivity index (χ2v) is 7.63. The van der Waals surface area contributed by atoms with Gasteiger partial charge >= 0.3 is 6.03 Å². The van der Waals surface area contributed by atoms with Crippen LogP contribution in [-0.2, 0) is 0 Å². The van der Waals surface area contributed by atoms with E-state index in [0.717, 1.165) is 19.3 Å². The molecule has 2 fully saturated rings. The van der Waals surface area contributed by atoms with E-state index in [2.05, 4.69) is 31.4 Å². The minimum Gasteiger partial charge on any atom is -0.335 e. The third-order valence-corrected chi connectivity index (χ3v) is 5.29. The molecule has 0 bridgehead atoms. The van der Waals surface area contributed by atoms with Crippen molar-refractivity contribution in [1.29, 1.82) is 0 Å². The minimum atomic E-state index is 0.0676. The van der Waals surface area contributed by atoms with Gasteiger partial charge < -0.3 is 10.6 Å². The van der Waals surface area contributed by atoms with Gasteiger partial charge in [-0.25, -0.2) is 4.79 Å². The molecule has 20 heavy (non-hydrogen) atoms. The molecule has 3 unspecified atom stereocenters. The number of hydrogen-bond donors (Lipinski definition) is 2. The zero-order chi connectivity index (χ0) is 14.6. The van der Waals surface area contributed by atoms with E-state index in [0.29, 0.717) is 23.4 Å². The lowest BCUT2D eigenvalue weighted by Gasteiger charge is -2.36. The first kappa shape index (κ1) is 15.7. The summed E-state index contributed by atoms with van der Waals surface area (Å²) in [6.07, 6.45) is 11.0. The maximum atomic E-state index is 12.2. The Morgan fingerprint density at radius 2 is 1.85 bits per heavy atom. The molecule has 3 nitrogen and oxygen atoms in total. The summed E-state index contributed by atoms with van der Waals surface area (Å²) in [7, 11) is 0. The summed E-state index contributed by atoms with van der Waals surface area (Å²) in [5, 5.41) is 6.46. The molecule has 0 radical (unpaired) electrons. The average Bonchev–Trinajstić information content (AvgIpc) is 2.38. The third-order valence-electron chi connectivity index (χ3n) is 5.29. The molecular weight excluding hydrogens is 248 g/mol. The molecule has 2 amide bonds. The van der Waals surface area contributed by atoms with E-state index in [-0.39, 0.29) is 6.03 Å². The number of hydrogen-bond acceptors (Lipinski definition) is 1. The van der Waals surface area contributed by atoms with Crippen LogP contribution in [0.15, 0.2) is 0 Å². The Bertz CT molecular complexity index is 327. The Kier molecular flexibility index (Phi) is 5.34. The standard InChI is InChI=1S/C17H32N2O/c1-4-13-8-5-6-10-15(13)19-16(20)18-14-9-7-11-17(2,3)12-14/h13-15H,4-12H2,1-3H3,(H2,18,19,20). The Morgan fingerprint density at radius 1 is 1.10 bits per heavy atom. The molecule has 0 spiro atoms. The summed E-state index contributed by atoms with van der Waals surface area (Å²) in [4.78, 5) is 12.2. The van der Waals surface area contributed by atoms with E-state index in [1.807, 2.05) is 0 Å². The predicted octanol–water partition coefficient (Wildman–Crippen LogP) is 4.22. The fourth-order valence-electron chi connectivity index (χ4n) is 4.10. The topological polar surface area (TPSA) is 41.1 Å². The SMILES string of the molecule is CCC1CCCCC1NC(=O)NC1CCCC(C)(C)C1. The van der Waals surface area contributed by atoms with Gasteiger partial charge in [-0.05, 0) is 43.4 Å². The van der Waals surface area contributed by atoms with Crippen molar-refractivity contribution in [3.8, 4) is 0 Å². The average molecular weight is 280 g/mol. The lowest BCUT2D eigenvalue weighted by atomic mass is 9.75. The van der Waals surface area contributed by atoms with Gasteiger partial charge in [0.05, 0.1) is 0 Å². The molecule has 0 aromatic heterocycles. The van der Waals surface area contributed by atoms with Gasteiger partial charge in [-0.1, -0.05) is 46.5 Å². The van der Waals surface area contributed by atoms with Crippen LogP contribution in [0.2, 0.25) is 0 Å². The second-order valence-electron chi connectivity index (χ2n) is 7.63. The first-order valence-corrected chi connectivity index (χ1v) is 8.57. The van der Waals surface area contributed by atoms with Crippen molar-refractivity contribution in [3.63, 3.8) is 0 Å². The molecular formula is C17H32N2O. The molecule has 2 aliphatic carbocycles. The number of carbonyl (C=O) groups excluding carboxylic acids is 1. The van der Waals surface area contributed by atoms with E-state index in [1.165, 1.54) is 38.5 Å². The molecule has 3 heteroatoms. The monoisotopic (exact) mass is 280 g/mol. The Labute approximate surface area is 124 Å². The molecule has 2 aliphatic rings. The summed E-state index contributed by atoms with van der Waals surface area (Å²) < 4.78 is 0. The maximum Gasteiger partial charge on any atom is 0.315 e. The van der Waals surface area contributed by atoms with E-state index in [1.54, 1.807) is 0 Å². The van der Waals surface area contributed by atoms with Crippen LogP contribution >= 0.6 is 0 Å². The van der Waals surface area contributed by atoms with Crippen molar-refractivity contribution in [2.75, 3.05) is 0 Å². The van der Waals surface area contributed by atoms with Crippen LogP contribution in [0.5, 0.6) is 0 Å². The van der Waals surface area contributed by atoms with Gasteiger partial charge in [0.2, 0.25) is 0 Å². The lowest BCUT2D eigenvalue weighted by molar-refractivity contribution is 0.183. The van der Waals surface area contributed by atoms with E-state index < -0.39 is 0 Å². The first-order valence-electron chi connectivity index (χ1n) is 8.57. The molecule has 2 saturated carbocycles. The second kappa shape index (κ2) is 6.82. The van der Waals surface area contributed by atoms with Crippen LogP contribution in [0, 0.1) is 11.3 Å². The van der Waals surface area contributed by atoms with Crippen molar-refractivity contribution >= 4 is 6.03 Å². The van der Waals surface area contributed by atoms with Gasteiger partial charge in [-0.3, -0.25) is 0 Å². The zero-order valence-corrected chi connectivity index (χ0v) is 13.5. The highest BCUT2D eigenvalue weighted by Gasteiger charge is 2.30. The number of rotatable bonds is 3. The molecule has 2 rings (SSSR count). The highest BCUT2D eigenvalue weighted by atomic mass is 16.2. The largest absolute Gasteiger partial charge is 0.335 e. The summed E-state index contributed by atoms with van der Waals surface area (Å²) in [5.41, 5.74) is 0.382. The first-order chi connectivity index (χ1) is 9.50. The van der Waals surface area contributed by atoms with Crippen LogP contribution in [0.3, 0.4) is 0 Å². The Hall–Kier alpha value is -0.730. The number of amides is 2. The highest BCUT2D eigenvalue weighted by Crippen LogP contribution is 2.35. The quantitative estimate of drug-likeness (QED) is 0.798. The molecule has 116 valence electrons. The van der Waals surface area contributed by atoms with Gasteiger partial charge in [0.25, 0.3) is 0 Å². The normalized spacial score (nSPS) is 33.5. The molecule has 0 saturated heterocycles. The summed E-state index contributed by atoms with van der Waals surface area (Å²) in [5.74, 6) is 0.678. The van der Waals surface area contributed by atoms with E-state index in [4.69, 9.17) is 0 Å². The van der Waals surface area contributed by atoms with Crippen LogP contribution in [0.4, 0.5) is 4.79 Å². The van der Waals surface area contributed by atoms with Gasteiger partial charge in [0.15, 0.2) is 0 Å². The maximum absolute atomic E-state index is 12.2. The molecule has 2 N–H and O–H groups in total. The molecule has 0 aromatic rings. The number of urea groups is 1. The summed E-state index contributed by atoms with van der Waals surface area (Å²) in [6, 6.07) is 0.825. The zero-order valence-electron chi connectivity index (χ0n) is 13.5. The van der Waals surface area contributed by atoms with Gasteiger partial charge in [0.1, 0.15) is 0 Å². The Balaban J connectivity index is 1.79. The minimum absolute atomic E-state index is 0.0676. The van der Waals surface area contributed by atoms with Crippen LogP contribution in [0.1, 0.15) is 78.6 Å². The molecule has 0 heterocycles. The molecule has 0 aromatic carbocycles. The van der Waals surface area contributed by atoms with E-state index in [9.17, 15) is 4.79 Å². The van der Waals surface area contributed by atoms with Crippen molar-refractivity contribution in [3.05, 3.63) is 0 Å². The summed E-state index contributed by atoms with van der Waals surface area (Å²) in [6.45, 7) is 6.87. The van der Waals surface area contributed by atoms with Crippen molar-refractivity contribution < 1.29 is 4.79 Å². The molecule has 3 atom stereocenters. The van der Waals surface area contributed by atoms with Crippen LogP contribution in [-0.4, -0.2) is 18.1 Å². The Morgan fingerprint density at radius 3 is 2.55 bits per heavy atom. The fourth-order valence-corrected chi connectivity index (χ4v) is 4.10. The third kappa shape index (κ3) is 4.39. The van der Waals surface area contributed by atoms with Crippen LogP contribution < -0.4 is 10.6 Å². The fraction of sp³-hybridized carbons (Fsp3) is 0.941. The van der Waals surface area contributed by atoms with Gasteiger partial charge in [-0.2, -0.15) is 0 Å². The van der Waals surface area contributed by atoms with Crippen LogP contribution in [0.25, 0.3) is 0 Å². The smallest absolute Gasteiger partial charge is 0.315 e. The van der Waals surface area contributed by atoms with Crippen molar-refractivity contribution in [1.82, 2.24) is 10.6 Å². The predicted molar refractivity (Wildman–Crippen MR) is 83.7 cm³/mol. The van der Waals surface area contributed by atoms with Gasteiger partial charge in [0, 0.05) is 12.1 Å². The highest BCUT2D eigenvalue weighted by molar-refractivity contribution is 5.74. The van der Waals surface area contributed by atoms with E-state index >= 15 is 0 Å². The van der Waals surface area contributed by atoms with Crippen molar-refractivity contribution in [2.24, 2.45) is 11.3 Å². The molecule has 0 aliphatic heterocycles.